The summed E-state index contributed by atoms with van der Waals surface area (Å²) in [6.45, 7) is 0.493. The summed E-state index contributed by atoms with van der Waals surface area (Å²) in [6.07, 6.45) is 0.300. The van der Waals surface area contributed by atoms with Gasteiger partial charge in [0.25, 0.3) is 5.92 Å². The number of alkyl halides is 2. The minimum absolute atomic E-state index is 0.00236. The van der Waals surface area contributed by atoms with Crippen molar-refractivity contribution in [2.24, 2.45) is 5.14 Å². The van der Waals surface area contributed by atoms with Crippen LogP contribution in [0.2, 0.25) is 0 Å². The average molecular weight is 311 g/mol. The molecular weight excluding hydrogens is 292 g/mol. The summed E-state index contributed by atoms with van der Waals surface area (Å²) in [7, 11) is -3.67. The van der Waals surface area contributed by atoms with E-state index < -0.39 is 21.2 Å². The number of nitrogens with two attached hydrogens (primary N) is 1. The number of hydrogen-bond donors (Lipinski definition) is 1. The van der Waals surface area contributed by atoms with Crippen molar-refractivity contribution in [2.45, 2.75) is 36.9 Å². The summed E-state index contributed by atoms with van der Waals surface area (Å²) in [5.74, 6) is -2.71. The summed E-state index contributed by atoms with van der Waals surface area (Å²) in [5.41, 5.74) is 0. The topological polar surface area (TPSA) is 83.7 Å². The fourth-order valence-electron chi connectivity index (χ4n) is 2.61. The van der Waals surface area contributed by atoms with E-state index in [2.05, 4.69) is 0 Å². The maximum atomic E-state index is 13.1. The number of rotatable bonds is 1. The molecule has 0 aliphatic carbocycles. The van der Waals surface area contributed by atoms with Crippen molar-refractivity contribution in [3.63, 3.8) is 0 Å². The fraction of sp³-hybridized carbons (Fsp3) is 0.909. The van der Waals surface area contributed by atoms with E-state index in [0.29, 0.717) is 19.4 Å². The van der Waals surface area contributed by atoms with Crippen LogP contribution in [-0.2, 0) is 10.0 Å². The summed E-state index contributed by atoms with van der Waals surface area (Å²) < 4.78 is 48.8. The Bertz CT molecular complexity index is 473. The van der Waals surface area contributed by atoms with Gasteiger partial charge in [-0.1, -0.05) is 0 Å². The van der Waals surface area contributed by atoms with Crippen molar-refractivity contribution in [2.75, 3.05) is 26.2 Å². The Morgan fingerprint density at radius 2 is 1.75 bits per heavy atom. The third-order valence-corrected chi connectivity index (χ3v) is 5.19. The lowest BCUT2D eigenvalue weighted by Crippen LogP contribution is -2.53. The number of halogens is 2. The van der Waals surface area contributed by atoms with Crippen molar-refractivity contribution >= 4 is 16.1 Å². The molecule has 0 aromatic rings. The first-order valence-electron chi connectivity index (χ1n) is 6.62. The Morgan fingerprint density at radius 1 is 1.15 bits per heavy atom. The molecule has 0 aromatic heterocycles. The molecule has 9 heteroatoms. The van der Waals surface area contributed by atoms with Crippen molar-refractivity contribution in [1.82, 2.24) is 9.80 Å². The largest absolute Gasteiger partial charge is 0.324 e. The van der Waals surface area contributed by atoms with Gasteiger partial charge in [-0.3, -0.25) is 0 Å². The maximum Gasteiger partial charge on any atom is 0.320 e. The molecule has 2 aliphatic rings. The highest BCUT2D eigenvalue weighted by Gasteiger charge is 2.38. The molecule has 0 radical (unpaired) electrons. The molecule has 2 fully saturated rings. The minimum atomic E-state index is -3.67. The number of carbonyl (C=O) groups excluding carboxylic acids is 1. The number of hydrogen-bond acceptors (Lipinski definition) is 3. The quantitative estimate of drug-likeness (QED) is 0.769. The van der Waals surface area contributed by atoms with Crippen molar-refractivity contribution in [1.29, 1.82) is 0 Å². The predicted molar refractivity (Wildman–Crippen MR) is 68.9 cm³/mol. The van der Waals surface area contributed by atoms with Crippen LogP contribution in [0.1, 0.15) is 25.7 Å². The highest BCUT2D eigenvalue weighted by Crippen LogP contribution is 2.28. The standard InChI is InChI=1S/C11H19F2N3O3S/c12-11(13)3-6-15(7-4-11)10(17)16-5-1-2-9(8-16)20(14,18)19/h9H,1-8H2,(H2,14,18,19). The van der Waals surface area contributed by atoms with Gasteiger partial charge in [-0.2, -0.15) is 0 Å². The molecule has 116 valence electrons. The summed E-state index contributed by atoms with van der Waals surface area (Å²) in [5, 5.41) is 4.35. The third-order valence-electron chi connectivity index (χ3n) is 3.88. The molecule has 2 aliphatic heterocycles. The number of urea groups is 1. The summed E-state index contributed by atoms with van der Waals surface area (Å²) in [4.78, 5) is 15.0. The summed E-state index contributed by atoms with van der Waals surface area (Å²) in [6, 6.07) is -0.367. The van der Waals surface area contributed by atoms with Crippen molar-refractivity contribution in [3.8, 4) is 0 Å². The zero-order valence-corrected chi connectivity index (χ0v) is 11.9. The molecule has 0 saturated carbocycles. The van der Waals surface area contributed by atoms with Gasteiger partial charge in [-0.05, 0) is 12.8 Å². The van der Waals surface area contributed by atoms with Crippen LogP contribution in [0, 0.1) is 0 Å². The second kappa shape index (κ2) is 5.44. The van der Waals surface area contributed by atoms with E-state index >= 15 is 0 Å². The zero-order valence-electron chi connectivity index (χ0n) is 11.1. The molecule has 1 atom stereocenters. The Balaban J connectivity index is 1.96. The average Bonchev–Trinajstić information content (AvgIpc) is 2.37. The second-order valence-corrected chi connectivity index (χ2v) is 7.27. The van der Waals surface area contributed by atoms with E-state index in [1.165, 1.54) is 9.80 Å². The van der Waals surface area contributed by atoms with Crippen LogP contribution in [0.4, 0.5) is 13.6 Å². The molecule has 0 spiro atoms. The molecule has 20 heavy (non-hydrogen) atoms. The molecule has 0 aromatic carbocycles. The van der Waals surface area contributed by atoms with E-state index in [4.69, 9.17) is 5.14 Å². The van der Waals surface area contributed by atoms with Gasteiger partial charge in [0, 0.05) is 39.0 Å². The van der Waals surface area contributed by atoms with Crippen LogP contribution in [0.25, 0.3) is 0 Å². The Hall–Kier alpha value is -0.960. The molecule has 0 bridgehead atoms. The lowest BCUT2D eigenvalue weighted by molar-refractivity contribution is -0.0493. The van der Waals surface area contributed by atoms with Crippen molar-refractivity contribution < 1.29 is 22.0 Å². The number of likely N-dealkylation sites (tertiary alicyclic amines) is 2. The number of nitrogens with zero attached hydrogens (tertiary/aromatic N) is 2. The van der Waals surface area contributed by atoms with Crippen LogP contribution in [-0.4, -0.2) is 61.6 Å². The first-order chi connectivity index (χ1) is 9.19. The van der Waals surface area contributed by atoms with E-state index in [1.54, 1.807) is 0 Å². The number of sulfonamides is 1. The Morgan fingerprint density at radius 3 is 2.30 bits per heavy atom. The lowest BCUT2D eigenvalue weighted by Gasteiger charge is -2.38. The van der Waals surface area contributed by atoms with Gasteiger partial charge in [0.05, 0.1) is 5.25 Å². The predicted octanol–water partition coefficient (Wildman–Crippen LogP) is 0.590. The van der Waals surface area contributed by atoms with Gasteiger partial charge in [0.2, 0.25) is 10.0 Å². The monoisotopic (exact) mass is 311 g/mol. The van der Waals surface area contributed by atoms with Gasteiger partial charge < -0.3 is 9.80 Å². The van der Waals surface area contributed by atoms with Crippen LogP contribution in [0.15, 0.2) is 0 Å². The van der Waals surface area contributed by atoms with E-state index in [-0.39, 0.29) is 38.5 Å². The zero-order chi connectivity index (χ0) is 15.0. The van der Waals surface area contributed by atoms with E-state index in [0.717, 1.165) is 0 Å². The first kappa shape index (κ1) is 15.4. The van der Waals surface area contributed by atoms with E-state index in [1.807, 2.05) is 0 Å². The van der Waals surface area contributed by atoms with Crippen molar-refractivity contribution in [3.05, 3.63) is 0 Å². The number of primary sulfonamides is 1. The Kier molecular flexibility index (Phi) is 4.19. The number of amides is 2. The molecule has 2 amide bonds. The minimum Gasteiger partial charge on any atom is -0.324 e. The molecule has 2 N–H and O–H groups in total. The number of piperidine rings is 2. The Labute approximate surface area is 116 Å². The maximum absolute atomic E-state index is 13.1. The van der Waals surface area contributed by atoms with Gasteiger partial charge in [-0.15, -0.1) is 0 Å². The van der Waals surface area contributed by atoms with Crippen LogP contribution in [0.3, 0.4) is 0 Å². The highest BCUT2D eigenvalue weighted by atomic mass is 32.2. The molecule has 2 saturated heterocycles. The third kappa shape index (κ3) is 3.57. The molecule has 2 heterocycles. The SMILES string of the molecule is NS(=O)(=O)C1CCCN(C(=O)N2CCC(F)(F)CC2)C1. The lowest BCUT2D eigenvalue weighted by atomic mass is 10.1. The smallest absolute Gasteiger partial charge is 0.320 e. The first-order valence-corrected chi connectivity index (χ1v) is 8.23. The normalized spacial score (nSPS) is 27.4. The van der Waals surface area contributed by atoms with Gasteiger partial charge in [0.1, 0.15) is 0 Å². The van der Waals surface area contributed by atoms with Crippen LogP contribution in [0.5, 0.6) is 0 Å². The molecule has 6 nitrogen and oxygen atoms in total. The van der Waals surface area contributed by atoms with Gasteiger partial charge in [0.15, 0.2) is 0 Å². The highest BCUT2D eigenvalue weighted by molar-refractivity contribution is 7.89. The number of carbonyl (C=O) groups is 1. The van der Waals surface area contributed by atoms with Crippen LogP contribution < -0.4 is 5.14 Å². The summed E-state index contributed by atoms with van der Waals surface area (Å²) >= 11 is 0. The molecule has 2 rings (SSSR count). The molecule has 1 unspecified atom stereocenters. The fourth-order valence-corrected chi connectivity index (χ4v) is 3.49. The second-order valence-electron chi connectivity index (χ2n) is 5.42. The van der Waals surface area contributed by atoms with Crippen LogP contribution >= 0.6 is 0 Å². The van der Waals surface area contributed by atoms with Gasteiger partial charge in [-0.25, -0.2) is 27.1 Å². The van der Waals surface area contributed by atoms with Gasteiger partial charge >= 0.3 is 6.03 Å². The van der Waals surface area contributed by atoms with E-state index in [9.17, 15) is 22.0 Å². The molecular formula is C11H19F2N3O3S.